The number of rotatable bonds is 7. The molecule has 0 aromatic heterocycles. The summed E-state index contributed by atoms with van der Waals surface area (Å²) in [5, 5.41) is 0. The highest BCUT2D eigenvalue weighted by atomic mass is 32.2. The molecule has 1 heterocycles. The molecule has 3 aromatic rings. The highest BCUT2D eigenvalue weighted by molar-refractivity contribution is 7.93. The van der Waals surface area contributed by atoms with Crippen LogP contribution in [0.4, 0.5) is 10.1 Å². The van der Waals surface area contributed by atoms with Crippen molar-refractivity contribution in [2.45, 2.75) is 37.2 Å². The number of nitrogens with zero attached hydrogens (tertiary/aromatic N) is 2. The Morgan fingerprint density at radius 2 is 1.61 bits per heavy atom. The first-order valence-corrected chi connectivity index (χ1v) is 12.5. The van der Waals surface area contributed by atoms with Crippen molar-refractivity contribution in [3.8, 4) is 5.75 Å². The number of ether oxygens (including phenoxy) is 1. The second-order valence-corrected chi connectivity index (χ2v) is 10.2. The molecule has 0 radical (unpaired) electrons. The zero-order chi connectivity index (χ0) is 23.4. The summed E-state index contributed by atoms with van der Waals surface area (Å²) in [5.74, 6) is 0.440. The summed E-state index contributed by atoms with van der Waals surface area (Å²) in [6, 6.07) is 20.5. The lowest BCUT2D eigenvalue weighted by Gasteiger charge is -2.39. The van der Waals surface area contributed by atoms with Crippen LogP contribution in [0.3, 0.4) is 0 Å². The Hall–Kier alpha value is -2.90. The van der Waals surface area contributed by atoms with Gasteiger partial charge in [0, 0.05) is 25.7 Å². The third kappa shape index (κ3) is 5.20. The highest BCUT2D eigenvalue weighted by Crippen LogP contribution is 2.32. The van der Waals surface area contributed by atoms with Gasteiger partial charge >= 0.3 is 0 Å². The van der Waals surface area contributed by atoms with Crippen LogP contribution < -0.4 is 9.04 Å². The van der Waals surface area contributed by atoms with Crippen molar-refractivity contribution in [3.05, 3.63) is 89.7 Å². The van der Waals surface area contributed by atoms with Crippen molar-refractivity contribution in [3.63, 3.8) is 0 Å². The Bertz CT molecular complexity index is 1170. The lowest BCUT2D eigenvalue weighted by molar-refractivity contribution is 0.206. The predicted molar refractivity (Wildman–Crippen MR) is 129 cm³/mol. The number of hydrogen-bond acceptors (Lipinski definition) is 4. The molecule has 0 unspecified atom stereocenters. The second kappa shape index (κ2) is 9.93. The number of halogens is 1. The van der Waals surface area contributed by atoms with E-state index in [4.69, 9.17) is 4.74 Å². The second-order valence-electron chi connectivity index (χ2n) is 8.40. The molecule has 0 amide bonds. The van der Waals surface area contributed by atoms with Crippen molar-refractivity contribution >= 4 is 15.7 Å². The van der Waals surface area contributed by atoms with E-state index in [1.165, 1.54) is 22.0 Å². The molecule has 0 bridgehead atoms. The Morgan fingerprint density at radius 3 is 2.21 bits per heavy atom. The van der Waals surface area contributed by atoms with E-state index in [1.807, 2.05) is 18.2 Å². The molecule has 1 fully saturated rings. The van der Waals surface area contributed by atoms with Crippen molar-refractivity contribution in [2.24, 2.45) is 0 Å². The molecule has 3 aromatic carbocycles. The molecule has 0 N–H and O–H groups in total. The minimum absolute atomic E-state index is 0.202. The van der Waals surface area contributed by atoms with E-state index in [1.54, 1.807) is 44.4 Å². The molecule has 0 aliphatic carbocycles. The minimum Gasteiger partial charge on any atom is -0.497 e. The van der Waals surface area contributed by atoms with Crippen molar-refractivity contribution < 1.29 is 17.5 Å². The molecule has 1 aliphatic heterocycles. The normalized spacial score (nSPS) is 15.4. The maximum absolute atomic E-state index is 13.8. The van der Waals surface area contributed by atoms with Crippen LogP contribution in [0.2, 0.25) is 0 Å². The van der Waals surface area contributed by atoms with Gasteiger partial charge in [0.15, 0.2) is 0 Å². The average molecular weight is 469 g/mol. The Labute approximate surface area is 195 Å². The number of methoxy groups -OCH3 is 1. The summed E-state index contributed by atoms with van der Waals surface area (Å²) in [5.41, 5.74) is 2.38. The maximum atomic E-state index is 13.8. The fraction of sp³-hybridized carbons (Fsp3) is 0.308. The molecule has 5 nitrogen and oxygen atoms in total. The zero-order valence-corrected chi connectivity index (χ0v) is 19.8. The molecule has 33 heavy (non-hydrogen) atoms. The van der Waals surface area contributed by atoms with Crippen LogP contribution >= 0.6 is 0 Å². The van der Waals surface area contributed by atoms with Gasteiger partial charge in [0.1, 0.15) is 11.6 Å². The average Bonchev–Trinajstić information content (AvgIpc) is 2.82. The first kappa shape index (κ1) is 23.3. The Morgan fingerprint density at radius 1 is 0.970 bits per heavy atom. The van der Waals surface area contributed by atoms with Gasteiger partial charge in [-0.2, -0.15) is 0 Å². The van der Waals surface area contributed by atoms with E-state index in [2.05, 4.69) is 17.0 Å². The summed E-state index contributed by atoms with van der Waals surface area (Å²) in [6.07, 6.45) is 1.39. The number of likely N-dealkylation sites (tertiary alicyclic amines) is 1. The van der Waals surface area contributed by atoms with E-state index < -0.39 is 10.0 Å². The van der Waals surface area contributed by atoms with Crippen molar-refractivity contribution in [1.82, 2.24) is 4.90 Å². The molecular formula is C26H29FN2O3S. The summed E-state index contributed by atoms with van der Waals surface area (Å²) >= 11 is 0. The fourth-order valence-electron chi connectivity index (χ4n) is 4.39. The number of piperidine rings is 1. The van der Waals surface area contributed by atoms with Gasteiger partial charge in [0.25, 0.3) is 10.0 Å². The summed E-state index contributed by atoms with van der Waals surface area (Å²) in [6.45, 7) is 4.15. The van der Waals surface area contributed by atoms with E-state index in [9.17, 15) is 12.8 Å². The van der Waals surface area contributed by atoms with E-state index in [-0.39, 0.29) is 16.8 Å². The van der Waals surface area contributed by atoms with Gasteiger partial charge in [-0.1, -0.05) is 30.3 Å². The van der Waals surface area contributed by atoms with Crippen LogP contribution in [0.5, 0.6) is 5.75 Å². The number of aryl methyl sites for hydroxylation is 1. The van der Waals surface area contributed by atoms with Crippen molar-refractivity contribution in [2.75, 3.05) is 24.5 Å². The quantitative estimate of drug-likeness (QED) is 0.490. The number of benzene rings is 3. The zero-order valence-electron chi connectivity index (χ0n) is 18.9. The number of anilines is 1. The standard InChI is InChI=1S/C26H29FN2O3S/c1-20-5-3-4-6-26(20)33(30,31)29(23-11-9-22(27)10-12-23)24-15-17-28(18-16-24)19-21-7-13-25(32-2)14-8-21/h3-14,24H,15-19H2,1-2H3. The van der Waals surface area contributed by atoms with E-state index >= 15 is 0 Å². The van der Waals surface area contributed by atoms with Gasteiger partial charge in [0.05, 0.1) is 17.7 Å². The summed E-state index contributed by atoms with van der Waals surface area (Å²) in [7, 11) is -2.15. The van der Waals surface area contributed by atoms with Crippen LogP contribution in [0.25, 0.3) is 0 Å². The van der Waals surface area contributed by atoms with Crippen LogP contribution in [-0.2, 0) is 16.6 Å². The Kier molecular flexibility index (Phi) is 7.00. The number of hydrogen-bond donors (Lipinski definition) is 0. The molecule has 0 spiro atoms. The lowest BCUT2D eigenvalue weighted by atomic mass is 10.0. The maximum Gasteiger partial charge on any atom is 0.264 e. The first-order chi connectivity index (χ1) is 15.9. The molecule has 174 valence electrons. The lowest BCUT2D eigenvalue weighted by Crippen LogP contribution is -2.47. The van der Waals surface area contributed by atoms with Gasteiger partial charge in [0.2, 0.25) is 0 Å². The molecule has 0 saturated carbocycles. The van der Waals surface area contributed by atoms with E-state index in [0.29, 0.717) is 24.1 Å². The summed E-state index contributed by atoms with van der Waals surface area (Å²) < 4.78 is 47.9. The van der Waals surface area contributed by atoms with Crippen LogP contribution in [-0.4, -0.2) is 39.6 Å². The van der Waals surface area contributed by atoms with Gasteiger partial charge in [-0.05, 0) is 73.4 Å². The van der Waals surface area contributed by atoms with Crippen molar-refractivity contribution in [1.29, 1.82) is 0 Å². The summed E-state index contributed by atoms with van der Waals surface area (Å²) in [4.78, 5) is 2.62. The largest absolute Gasteiger partial charge is 0.497 e. The SMILES string of the molecule is COc1ccc(CN2CCC(N(c3ccc(F)cc3)S(=O)(=O)c3ccccc3C)CC2)cc1. The highest BCUT2D eigenvalue weighted by Gasteiger charge is 2.34. The molecular weight excluding hydrogens is 439 g/mol. The monoisotopic (exact) mass is 468 g/mol. The number of sulfonamides is 1. The third-order valence-corrected chi connectivity index (χ3v) is 8.21. The van der Waals surface area contributed by atoms with Crippen LogP contribution in [0, 0.1) is 12.7 Å². The predicted octanol–water partition coefficient (Wildman–Crippen LogP) is 5.00. The topological polar surface area (TPSA) is 49.9 Å². The smallest absolute Gasteiger partial charge is 0.264 e. The molecule has 1 saturated heterocycles. The molecule has 0 atom stereocenters. The molecule has 4 rings (SSSR count). The molecule has 1 aliphatic rings. The third-order valence-electron chi connectivity index (χ3n) is 6.17. The van der Waals surface area contributed by atoms with Gasteiger partial charge < -0.3 is 4.74 Å². The fourth-order valence-corrected chi connectivity index (χ4v) is 6.33. The minimum atomic E-state index is -3.80. The van der Waals surface area contributed by atoms with Gasteiger partial charge in [-0.15, -0.1) is 0 Å². The van der Waals surface area contributed by atoms with Crippen LogP contribution in [0.15, 0.2) is 77.7 Å². The first-order valence-electron chi connectivity index (χ1n) is 11.1. The molecule has 7 heteroatoms. The van der Waals surface area contributed by atoms with Gasteiger partial charge in [-0.25, -0.2) is 12.8 Å². The van der Waals surface area contributed by atoms with Crippen LogP contribution in [0.1, 0.15) is 24.0 Å². The Balaban J connectivity index is 1.56. The van der Waals surface area contributed by atoms with E-state index in [0.717, 1.165) is 25.4 Å². The van der Waals surface area contributed by atoms with Gasteiger partial charge in [-0.3, -0.25) is 9.21 Å².